The average molecular weight is 190 g/mol. The molecule has 2 atom stereocenters. The molecular weight excluding hydrogens is 176 g/mol. The van der Waals surface area contributed by atoms with Gasteiger partial charge in [-0.05, 0) is 24.4 Å². The van der Waals surface area contributed by atoms with Crippen molar-refractivity contribution in [3.8, 4) is 0 Å². The van der Waals surface area contributed by atoms with Crippen molar-refractivity contribution in [2.24, 2.45) is 5.73 Å². The maximum atomic E-state index is 9.35. The molecule has 0 unspecified atom stereocenters. The van der Waals surface area contributed by atoms with Crippen LogP contribution in [-0.4, -0.2) is 16.2 Å². The fourth-order valence-electron chi connectivity index (χ4n) is 1.54. The van der Waals surface area contributed by atoms with Gasteiger partial charge in [-0.25, -0.2) is 0 Å². The third-order valence-corrected chi connectivity index (χ3v) is 2.43. The van der Waals surface area contributed by atoms with Gasteiger partial charge in [0.15, 0.2) is 0 Å². The second-order valence-corrected chi connectivity index (χ2v) is 3.58. The normalized spacial score (nSPS) is 15.6. The molecule has 1 aromatic heterocycles. The maximum Gasteiger partial charge on any atom is 0.0719 e. The third kappa shape index (κ3) is 1.52. The van der Waals surface area contributed by atoms with E-state index in [1.807, 2.05) is 30.3 Å². The summed E-state index contributed by atoms with van der Waals surface area (Å²) in [4.78, 5) is 3.19. The number of aliphatic hydroxyl groups is 1. The highest BCUT2D eigenvalue weighted by Crippen LogP contribution is 2.20. The smallest absolute Gasteiger partial charge is 0.0719 e. The Morgan fingerprint density at radius 3 is 2.71 bits per heavy atom. The molecule has 74 valence electrons. The molecule has 0 bridgehead atoms. The van der Waals surface area contributed by atoms with Crippen LogP contribution < -0.4 is 5.73 Å². The average Bonchev–Trinajstić information content (AvgIpc) is 2.59. The van der Waals surface area contributed by atoms with Crippen LogP contribution in [0.25, 0.3) is 10.9 Å². The Bertz CT molecular complexity index is 401. The molecule has 0 amide bonds. The zero-order chi connectivity index (χ0) is 10.1. The Labute approximate surface area is 82.6 Å². The van der Waals surface area contributed by atoms with Crippen LogP contribution in [0.4, 0.5) is 0 Å². The summed E-state index contributed by atoms with van der Waals surface area (Å²) < 4.78 is 0. The van der Waals surface area contributed by atoms with Crippen LogP contribution in [0.2, 0.25) is 0 Å². The number of aromatic amines is 1. The van der Waals surface area contributed by atoms with Gasteiger partial charge in [0.05, 0.1) is 12.1 Å². The molecule has 0 spiro atoms. The topological polar surface area (TPSA) is 62.0 Å². The van der Waals surface area contributed by atoms with Crippen LogP contribution in [0, 0.1) is 0 Å². The molecule has 0 fully saturated rings. The van der Waals surface area contributed by atoms with Gasteiger partial charge < -0.3 is 15.8 Å². The quantitative estimate of drug-likeness (QED) is 0.672. The number of fused-ring (bicyclic) bond motifs is 1. The largest absolute Gasteiger partial charge is 0.391 e. The van der Waals surface area contributed by atoms with E-state index in [1.54, 1.807) is 6.92 Å². The lowest BCUT2D eigenvalue weighted by atomic mass is 10.1. The first-order chi connectivity index (χ1) is 6.68. The van der Waals surface area contributed by atoms with Gasteiger partial charge in [0, 0.05) is 11.2 Å². The number of benzene rings is 1. The number of nitrogens with two attached hydrogens (primary N) is 1. The van der Waals surface area contributed by atoms with Gasteiger partial charge in [0.1, 0.15) is 0 Å². The summed E-state index contributed by atoms with van der Waals surface area (Å²) in [6, 6.07) is 9.59. The second-order valence-electron chi connectivity index (χ2n) is 3.58. The van der Waals surface area contributed by atoms with E-state index in [2.05, 4.69) is 4.98 Å². The van der Waals surface area contributed by atoms with Gasteiger partial charge in [-0.15, -0.1) is 0 Å². The summed E-state index contributed by atoms with van der Waals surface area (Å²) >= 11 is 0. The molecule has 4 N–H and O–H groups in total. The number of hydrogen-bond donors (Lipinski definition) is 3. The van der Waals surface area contributed by atoms with Crippen LogP contribution in [0.5, 0.6) is 0 Å². The van der Waals surface area contributed by atoms with Crippen LogP contribution >= 0.6 is 0 Å². The lowest BCUT2D eigenvalue weighted by Crippen LogP contribution is -2.23. The number of nitrogens with one attached hydrogen (secondary N) is 1. The molecule has 2 aromatic rings. The van der Waals surface area contributed by atoms with Crippen LogP contribution in [-0.2, 0) is 0 Å². The number of aliphatic hydroxyl groups excluding tert-OH is 1. The Balaban J connectivity index is 2.45. The highest BCUT2D eigenvalue weighted by atomic mass is 16.3. The van der Waals surface area contributed by atoms with Gasteiger partial charge in [0.2, 0.25) is 0 Å². The highest BCUT2D eigenvalue weighted by Gasteiger charge is 2.13. The maximum absolute atomic E-state index is 9.35. The minimum absolute atomic E-state index is 0.345. The summed E-state index contributed by atoms with van der Waals surface area (Å²) in [5.41, 5.74) is 7.75. The first-order valence-corrected chi connectivity index (χ1v) is 4.70. The molecule has 3 nitrogen and oxygen atoms in total. The van der Waals surface area contributed by atoms with E-state index >= 15 is 0 Å². The van der Waals surface area contributed by atoms with Crippen LogP contribution in [0.15, 0.2) is 30.3 Å². The molecule has 0 saturated heterocycles. The van der Waals surface area contributed by atoms with Gasteiger partial charge in [-0.3, -0.25) is 0 Å². The van der Waals surface area contributed by atoms with Crippen molar-refractivity contribution in [2.75, 3.05) is 0 Å². The fraction of sp³-hybridized carbons (Fsp3) is 0.273. The minimum atomic E-state index is -0.539. The van der Waals surface area contributed by atoms with Gasteiger partial charge >= 0.3 is 0 Å². The first kappa shape index (κ1) is 9.24. The SMILES string of the molecule is C[C@@H](O)[C@@H](N)c1cc2ccccc2[nH]1. The first-order valence-electron chi connectivity index (χ1n) is 4.70. The number of H-pyrrole nitrogens is 1. The van der Waals surface area contributed by atoms with Crippen molar-refractivity contribution in [3.63, 3.8) is 0 Å². The lowest BCUT2D eigenvalue weighted by Gasteiger charge is -2.12. The van der Waals surface area contributed by atoms with Gasteiger partial charge in [-0.2, -0.15) is 0 Å². The predicted octanol–water partition coefficient (Wildman–Crippen LogP) is 1.55. The molecule has 0 aliphatic carbocycles. The van der Waals surface area contributed by atoms with E-state index in [-0.39, 0.29) is 6.04 Å². The molecule has 0 saturated carbocycles. The fourth-order valence-corrected chi connectivity index (χ4v) is 1.54. The molecule has 3 heteroatoms. The minimum Gasteiger partial charge on any atom is -0.391 e. The van der Waals surface area contributed by atoms with Crippen molar-refractivity contribution in [2.45, 2.75) is 19.1 Å². The zero-order valence-corrected chi connectivity index (χ0v) is 8.07. The standard InChI is InChI=1S/C11H14N2O/c1-7(14)11(12)10-6-8-4-2-3-5-9(8)13-10/h2-7,11,13-14H,12H2,1H3/t7-,11-/m1/s1. The molecule has 1 aromatic carbocycles. The zero-order valence-electron chi connectivity index (χ0n) is 8.07. The number of hydrogen-bond acceptors (Lipinski definition) is 2. The molecule has 1 heterocycles. The van der Waals surface area contributed by atoms with Crippen molar-refractivity contribution < 1.29 is 5.11 Å². The summed E-state index contributed by atoms with van der Waals surface area (Å²) in [7, 11) is 0. The molecule has 0 aliphatic heterocycles. The van der Waals surface area contributed by atoms with Crippen molar-refractivity contribution in [3.05, 3.63) is 36.0 Å². The van der Waals surface area contributed by atoms with Gasteiger partial charge in [0.25, 0.3) is 0 Å². The number of aromatic nitrogens is 1. The molecule has 0 aliphatic rings. The van der Waals surface area contributed by atoms with Crippen LogP contribution in [0.1, 0.15) is 18.7 Å². The third-order valence-electron chi connectivity index (χ3n) is 2.43. The molecule has 0 radical (unpaired) electrons. The molecule has 14 heavy (non-hydrogen) atoms. The van der Waals surface area contributed by atoms with E-state index in [1.165, 1.54) is 0 Å². The van der Waals surface area contributed by atoms with E-state index in [0.717, 1.165) is 16.6 Å². The van der Waals surface area contributed by atoms with Crippen molar-refractivity contribution in [1.82, 2.24) is 4.98 Å². The molecule has 2 rings (SSSR count). The molecular formula is C11H14N2O. The Hall–Kier alpha value is -1.32. The summed E-state index contributed by atoms with van der Waals surface area (Å²) in [6.45, 7) is 1.69. The second kappa shape index (κ2) is 3.44. The summed E-state index contributed by atoms with van der Waals surface area (Å²) in [5.74, 6) is 0. The predicted molar refractivity (Wildman–Crippen MR) is 56.9 cm³/mol. The van der Waals surface area contributed by atoms with E-state index in [0.29, 0.717) is 0 Å². The number of para-hydroxylation sites is 1. The Morgan fingerprint density at radius 2 is 2.07 bits per heavy atom. The van der Waals surface area contributed by atoms with Crippen molar-refractivity contribution >= 4 is 10.9 Å². The van der Waals surface area contributed by atoms with Crippen LogP contribution in [0.3, 0.4) is 0 Å². The monoisotopic (exact) mass is 190 g/mol. The van der Waals surface area contributed by atoms with Gasteiger partial charge in [-0.1, -0.05) is 18.2 Å². The number of rotatable bonds is 2. The summed E-state index contributed by atoms with van der Waals surface area (Å²) in [6.07, 6.45) is -0.539. The van der Waals surface area contributed by atoms with Crippen molar-refractivity contribution in [1.29, 1.82) is 0 Å². The Kier molecular flexibility index (Phi) is 2.27. The van der Waals surface area contributed by atoms with E-state index < -0.39 is 6.10 Å². The summed E-state index contributed by atoms with van der Waals surface area (Å²) in [5, 5.41) is 10.5. The Morgan fingerprint density at radius 1 is 1.36 bits per heavy atom. The highest BCUT2D eigenvalue weighted by molar-refractivity contribution is 5.80. The lowest BCUT2D eigenvalue weighted by molar-refractivity contribution is 0.163. The van der Waals surface area contributed by atoms with E-state index in [4.69, 9.17) is 5.73 Å². The van der Waals surface area contributed by atoms with E-state index in [9.17, 15) is 5.11 Å².